The van der Waals surface area contributed by atoms with Crippen LogP contribution < -0.4 is 10.6 Å². The maximum absolute atomic E-state index is 12.3. The lowest BCUT2D eigenvalue weighted by molar-refractivity contribution is 0.159. The van der Waals surface area contributed by atoms with E-state index < -0.39 is 0 Å². The first-order chi connectivity index (χ1) is 11.7. The number of nitrogens with one attached hydrogen (secondary N) is 2. The maximum Gasteiger partial charge on any atom is 0.319 e. The number of likely N-dealkylation sites (tertiary alicyclic amines) is 1. The molecule has 1 aromatic heterocycles. The van der Waals surface area contributed by atoms with Crippen LogP contribution in [0.25, 0.3) is 11.0 Å². The van der Waals surface area contributed by atoms with Crippen molar-refractivity contribution in [3.05, 3.63) is 18.2 Å². The summed E-state index contributed by atoms with van der Waals surface area (Å²) in [5.41, 5.74) is 2.39. The topological polar surface area (TPSA) is 84.3 Å². The average Bonchev–Trinajstić information content (AvgIpc) is 3.28. The molecule has 0 radical (unpaired) electrons. The highest BCUT2D eigenvalue weighted by molar-refractivity contribution is 5.92. The van der Waals surface area contributed by atoms with E-state index in [0.29, 0.717) is 18.9 Å². The summed E-state index contributed by atoms with van der Waals surface area (Å²) in [6, 6.07) is 5.68. The van der Waals surface area contributed by atoms with E-state index in [-0.39, 0.29) is 18.1 Å². The van der Waals surface area contributed by atoms with Crippen LogP contribution in [0.4, 0.5) is 10.5 Å². The number of anilines is 1. The number of amides is 2. The highest BCUT2D eigenvalue weighted by atomic mass is 16.5. The third-order valence-electron chi connectivity index (χ3n) is 4.85. The van der Waals surface area contributed by atoms with E-state index in [1.807, 2.05) is 25.2 Å². The van der Waals surface area contributed by atoms with Crippen molar-refractivity contribution in [3.63, 3.8) is 0 Å². The van der Waals surface area contributed by atoms with Gasteiger partial charge in [0.2, 0.25) is 0 Å². The molecule has 2 aromatic rings. The Morgan fingerprint density at radius 3 is 2.96 bits per heavy atom. The van der Waals surface area contributed by atoms with E-state index in [1.54, 1.807) is 4.68 Å². The van der Waals surface area contributed by atoms with Crippen LogP contribution in [0.15, 0.2) is 18.2 Å². The minimum atomic E-state index is -0.210. The van der Waals surface area contributed by atoms with Crippen LogP contribution in [-0.4, -0.2) is 64.3 Å². The second-order valence-corrected chi connectivity index (χ2v) is 6.47. The predicted octanol–water partition coefficient (Wildman–Crippen LogP) is 0.953. The number of hydrogen-bond donors (Lipinski definition) is 2. The number of carbonyl (C=O) groups is 1. The average molecular weight is 330 g/mol. The summed E-state index contributed by atoms with van der Waals surface area (Å²) in [5.74, 6) is 0. The summed E-state index contributed by atoms with van der Waals surface area (Å²) in [7, 11) is 1.84. The van der Waals surface area contributed by atoms with Crippen molar-refractivity contribution in [3.8, 4) is 0 Å². The summed E-state index contributed by atoms with van der Waals surface area (Å²) in [4.78, 5) is 14.8. The third-order valence-corrected chi connectivity index (χ3v) is 4.85. The summed E-state index contributed by atoms with van der Waals surface area (Å²) < 4.78 is 7.29. The van der Waals surface area contributed by atoms with Crippen LogP contribution in [0, 0.1) is 0 Å². The number of ether oxygens (including phenoxy) is 1. The van der Waals surface area contributed by atoms with Crippen LogP contribution >= 0.6 is 0 Å². The molecule has 2 aliphatic heterocycles. The Morgan fingerprint density at radius 1 is 1.29 bits per heavy atom. The van der Waals surface area contributed by atoms with Gasteiger partial charge in [0.05, 0.1) is 30.8 Å². The fraction of sp³-hybridized carbons (Fsp3) is 0.562. The Bertz CT molecular complexity index is 739. The van der Waals surface area contributed by atoms with E-state index in [0.717, 1.165) is 24.1 Å². The van der Waals surface area contributed by atoms with Crippen molar-refractivity contribution < 1.29 is 9.53 Å². The smallest absolute Gasteiger partial charge is 0.319 e. The van der Waals surface area contributed by atoms with Gasteiger partial charge in [0, 0.05) is 12.7 Å². The number of nitrogens with zero attached hydrogens (tertiary/aromatic N) is 4. The van der Waals surface area contributed by atoms with Crippen LogP contribution in [0.3, 0.4) is 0 Å². The molecule has 0 aliphatic carbocycles. The number of aryl methyl sites for hydroxylation is 1. The number of rotatable bonds is 3. The standard InChI is InChI=1S/C16H22N6O2/c1-21-14-5-4-11(8-12(14)19-20-21)17-16(23)18-13-9-24-10-15(13)22-6-2-3-7-22/h4-5,8,13,15H,2-3,6-7,9-10H2,1H3,(H2,17,18,23)/t13-,15-/m0/s1. The summed E-state index contributed by atoms with van der Waals surface area (Å²) in [6.07, 6.45) is 2.46. The third kappa shape index (κ3) is 2.94. The molecule has 1 aromatic carbocycles. The van der Waals surface area contributed by atoms with E-state index in [2.05, 4.69) is 25.8 Å². The largest absolute Gasteiger partial charge is 0.378 e. The van der Waals surface area contributed by atoms with E-state index >= 15 is 0 Å². The number of benzene rings is 1. The molecule has 8 heteroatoms. The SMILES string of the molecule is Cn1nnc2cc(NC(=O)N[C@H]3COC[C@@H]3N3CCCC3)ccc21. The zero-order valence-corrected chi connectivity index (χ0v) is 13.7. The molecular formula is C16H22N6O2. The number of carbonyl (C=O) groups excluding carboxylic acids is 1. The molecule has 128 valence electrons. The van der Waals surface area contributed by atoms with Gasteiger partial charge in [-0.05, 0) is 44.1 Å². The molecule has 2 amide bonds. The Labute approximate surface area is 140 Å². The molecule has 2 fully saturated rings. The zero-order valence-electron chi connectivity index (χ0n) is 13.7. The van der Waals surface area contributed by atoms with Crippen molar-refractivity contribution in [2.45, 2.75) is 24.9 Å². The fourth-order valence-corrected chi connectivity index (χ4v) is 3.57. The lowest BCUT2D eigenvalue weighted by Gasteiger charge is -2.27. The van der Waals surface area contributed by atoms with Crippen LogP contribution in [0.2, 0.25) is 0 Å². The quantitative estimate of drug-likeness (QED) is 0.875. The first-order valence-corrected chi connectivity index (χ1v) is 8.39. The Hall–Kier alpha value is -2.19. The maximum atomic E-state index is 12.3. The molecule has 0 unspecified atom stereocenters. The van der Waals surface area contributed by atoms with Crippen molar-refractivity contribution in [1.29, 1.82) is 0 Å². The summed E-state index contributed by atoms with van der Waals surface area (Å²) in [6.45, 7) is 3.45. The molecule has 4 rings (SSSR count). The van der Waals surface area contributed by atoms with Gasteiger partial charge in [-0.1, -0.05) is 5.21 Å². The second-order valence-electron chi connectivity index (χ2n) is 6.47. The lowest BCUT2D eigenvalue weighted by Crippen LogP contribution is -2.51. The minimum Gasteiger partial charge on any atom is -0.378 e. The molecule has 24 heavy (non-hydrogen) atoms. The number of aromatic nitrogens is 3. The molecule has 2 aliphatic rings. The normalized spacial score (nSPS) is 24.5. The van der Waals surface area contributed by atoms with Gasteiger partial charge in [0.25, 0.3) is 0 Å². The second kappa shape index (κ2) is 6.37. The van der Waals surface area contributed by atoms with Gasteiger partial charge in [-0.25, -0.2) is 9.48 Å². The van der Waals surface area contributed by atoms with Gasteiger partial charge >= 0.3 is 6.03 Å². The molecule has 8 nitrogen and oxygen atoms in total. The number of urea groups is 1. The van der Waals surface area contributed by atoms with E-state index in [1.165, 1.54) is 12.8 Å². The molecule has 2 N–H and O–H groups in total. The monoisotopic (exact) mass is 330 g/mol. The fourth-order valence-electron chi connectivity index (χ4n) is 3.57. The Morgan fingerprint density at radius 2 is 2.12 bits per heavy atom. The summed E-state index contributed by atoms with van der Waals surface area (Å²) >= 11 is 0. The number of hydrogen-bond acceptors (Lipinski definition) is 5. The van der Waals surface area contributed by atoms with E-state index in [4.69, 9.17) is 4.74 Å². The lowest BCUT2D eigenvalue weighted by atomic mass is 10.1. The van der Waals surface area contributed by atoms with Crippen molar-refractivity contribution in [1.82, 2.24) is 25.2 Å². The minimum absolute atomic E-state index is 0.0309. The van der Waals surface area contributed by atoms with Gasteiger partial charge in [0.1, 0.15) is 5.52 Å². The number of fused-ring (bicyclic) bond motifs is 1. The van der Waals surface area contributed by atoms with Crippen LogP contribution in [-0.2, 0) is 11.8 Å². The first-order valence-electron chi connectivity index (χ1n) is 8.39. The highest BCUT2D eigenvalue weighted by Gasteiger charge is 2.35. The van der Waals surface area contributed by atoms with Gasteiger partial charge in [-0.3, -0.25) is 4.90 Å². The van der Waals surface area contributed by atoms with Crippen molar-refractivity contribution >= 4 is 22.8 Å². The van der Waals surface area contributed by atoms with Crippen LogP contribution in [0.5, 0.6) is 0 Å². The Balaban J connectivity index is 1.39. The molecule has 3 heterocycles. The zero-order chi connectivity index (χ0) is 16.5. The van der Waals surface area contributed by atoms with Crippen molar-refractivity contribution in [2.75, 3.05) is 31.6 Å². The first kappa shape index (κ1) is 15.3. The summed E-state index contributed by atoms with van der Waals surface area (Å²) in [5, 5.41) is 14.0. The molecule has 0 bridgehead atoms. The molecule has 2 atom stereocenters. The van der Waals surface area contributed by atoms with Gasteiger partial charge in [-0.2, -0.15) is 0 Å². The highest BCUT2D eigenvalue weighted by Crippen LogP contribution is 2.20. The Kier molecular flexibility index (Phi) is 4.07. The van der Waals surface area contributed by atoms with Crippen molar-refractivity contribution in [2.24, 2.45) is 7.05 Å². The van der Waals surface area contributed by atoms with Crippen LogP contribution in [0.1, 0.15) is 12.8 Å². The molecule has 2 saturated heterocycles. The molecular weight excluding hydrogens is 308 g/mol. The molecule has 0 saturated carbocycles. The van der Waals surface area contributed by atoms with Gasteiger partial charge in [0.15, 0.2) is 0 Å². The molecule has 0 spiro atoms. The van der Waals surface area contributed by atoms with Gasteiger partial charge in [-0.15, -0.1) is 5.10 Å². The van der Waals surface area contributed by atoms with Gasteiger partial charge < -0.3 is 15.4 Å². The predicted molar refractivity (Wildman–Crippen MR) is 89.9 cm³/mol. The van der Waals surface area contributed by atoms with E-state index in [9.17, 15) is 4.79 Å².